The maximum atomic E-state index is 5.70. The van der Waals surface area contributed by atoms with Gasteiger partial charge < -0.3 is 5.73 Å². The number of hydrogen-bond acceptors (Lipinski definition) is 3. The molecule has 2 heterocycles. The lowest BCUT2D eigenvalue weighted by Gasteiger charge is -2.02. The molecule has 0 bridgehead atoms. The van der Waals surface area contributed by atoms with Gasteiger partial charge in [-0.25, -0.2) is 4.99 Å². The molecule has 0 radical (unpaired) electrons. The fourth-order valence-electron chi connectivity index (χ4n) is 1.80. The quantitative estimate of drug-likeness (QED) is 0.566. The van der Waals surface area contributed by atoms with Crippen LogP contribution in [0, 0.1) is 0 Å². The molecule has 0 saturated heterocycles. The van der Waals surface area contributed by atoms with Gasteiger partial charge in [0.25, 0.3) is 0 Å². The first-order valence-electron chi connectivity index (χ1n) is 4.52. The minimum Gasteiger partial charge on any atom is -0.399 e. The topological polar surface area (TPSA) is 50.7 Å². The fourth-order valence-corrected chi connectivity index (χ4v) is 1.80. The van der Waals surface area contributed by atoms with E-state index in [4.69, 9.17) is 5.73 Å². The number of hydrogen-bond donors (Lipinski definition) is 1. The van der Waals surface area contributed by atoms with Crippen LogP contribution in [-0.2, 0) is 0 Å². The van der Waals surface area contributed by atoms with Crippen LogP contribution in [0.3, 0.4) is 0 Å². The van der Waals surface area contributed by atoms with Crippen LogP contribution in [-0.4, -0.2) is 12.8 Å². The summed E-state index contributed by atoms with van der Waals surface area (Å²) in [6, 6.07) is 5.83. The van der Waals surface area contributed by atoms with E-state index >= 15 is 0 Å². The average Bonchev–Trinajstić information content (AvgIpc) is 2.54. The van der Waals surface area contributed by atoms with Crippen molar-refractivity contribution in [3.8, 4) is 0 Å². The SMILES string of the molecule is Nc1ccc2c(c1)=NC1=CC=NCC=21. The summed E-state index contributed by atoms with van der Waals surface area (Å²) in [4.78, 5) is 8.70. The van der Waals surface area contributed by atoms with Crippen molar-refractivity contribution in [2.45, 2.75) is 0 Å². The zero-order chi connectivity index (χ0) is 9.54. The van der Waals surface area contributed by atoms with Crippen LogP contribution in [0.5, 0.6) is 0 Å². The van der Waals surface area contributed by atoms with Crippen LogP contribution in [0.2, 0.25) is 0 Å². The van der Waals surface area contributed by atoms with Gasteiger partial charge in [0.05, 0.1) is 17.6 Å². The van der Waals surface area contributed by atoms with Gasteiger partial charge in [-0.15, -0.1) is 0 Å². The van der Waals surface area contributed by atoms with Crippen LogP contribution in [0.25, 0.3) is 5.57 Å². The normalized spacial score (nSPS) is 17.1. The summed E-state index contributed by atoms with van der Waals surface area (Å²) in [7, 11) is 0. The molecule has 0 spiro atoms. The molecule has 0 fully saturated rings. The predicted molar refractivity (Wildman–Crippen MR) is 56.5 cm³/mol. The monoisotopic (exact) mass is 183 g/mol. The Morgan fingerprint density at radius 3 is 3.14 bits per heavy atom. The summed E-state index contributed by atoms with van der Waals surface area (Å²) in [6.45, 7) is 0.728. The van der Waals surface area contributed by atoms with Crippen molar-refractivity contribution in [1.29, 1.82) is 0 Å². The van der Waals surface area contributed by atoms with Gasteiger partial charge >= 0.3 is 0 Å². The lowest BCUT2D eigenvalue weighted by molar-refractivity contribution is 1.22. The summed E-state index contributed by atoms with van der Waals surface area (Å²) in [6.07, 6.45) is 3.74. The van der Waals surface area contributed by atoms with Crippen molar-refractivity contribution in [2.24, 2.45) is 9.98 Å². The molecule has 1 aromatic carbocycles. The number of fused-ring (bicyclic) bond motifs is 2. The van der Waals surface area contributed by atoms with Gasteiger partial charge in [-0.05, 0) is 18.2 Å². The summed E-state index contributed by atoms with van der Waals surface area (Å²) < 4.78 is 0. The summed E-state index contributed by atoms with van der Waals surface area (Å²) in [5, 5.41) is 2.14. The van der Waals surface area contributed by atoms with E-state index in [9.17, 15) is 0 Å². The third-order valence-corrected chi connectivity index (χ3v) is 2.48. The predicted octanol–water partition coefficient (Wildman–Crippen LogP) is 0.0210. The Kier molecular flexibility index (Phi) is 1.36. The molecule has 68 valence electrons. The third kappa shape index (κ3) is 0.923. The minimum atomic E-state index is 0.728. The first-order valence-corrected chi connectivity index (χ1v) is 4.52. The maximum absolute atomic E-state index is 5.70. The van der Waals surface area contributed by atoms with E-state index in [1.807, 2.05) is 24.3 Å². The highest BCUT2D eigenvalue weighted by Gasteiger charge is 2.13. The number of benzene rings is 1. The zero-order valence-electron chi connectivity index (χ0n) is 7.57. The molecule has 3 rings (SSSR count). The number of dihydropyridines is 1. The van der Waals surface area contributed by atoms with E-state index in [0.717, 1.165) is 23.3 Å². The van der Waals surface area contributed by atoms with E-state index in [1.165, 1.54) is 10.8 Å². The molecule has 2 aliphatic heterocycles. The Labute approximate surface area is 81.0 Å². The van der Waals surface area contributed by atoms with Crippen LogP contribution in [0.1, 0.15) is 0 Å². The van der Waals surface area contributed by atoms with Gasteiger partial charge in [0.2, 0.25) is 0 Å². The molecular weight excluding hydrogens is 174 g/mol. The Balaban J connectivity index is 2.42. The number of allylic oxidation sites excluding steroid dienone is 1. The molecule has 3 heteroatoms. The molecule has 0 amide bonds. The molecule has 2 aliphatic rings. The lowest BCUT2D eigenvalue weighted by Crippen LogP contribution is -2.23. The van der Waals surface area contributed by atoms with E-state index in [-0.39, 0.29) is 0 Å². The first kappa shape index (κ1) is 7.50. The Bertz CT molecular complexity index is 579. The Morgan fingerprint density at radius 2 is 2.21 bits per heavy atom. The van der Waals surface area contributed by atoms with Gasteiger partial charge in [0.1, 0.15) is 0 Å². The second kappa shape index (κ2) is 2.54. The number of rotatable bonds is 0. The average molecular weight is 183 g/mol. The van der Waals surface area contributed by atoms with E-state index in [0.29, 0.717) is 0 Å². The summed E-state index contributed by atoms with van der Waals surface area (Å²) in [5.74, 6) is 0. The van der Waals surface area contributed by atoms with Gasteiger partial charge in [-0.1, -0.05) is 6.07 Å². The van der Waals surface area contributed by atoms with E-state index in [1.54, 1.807) is 6.21 Å². The summed E-state index contributed by atoms with van der Waals surface area (Å²) >= 11 is 0. The van der Waals surface area contributed by atoms with E-state index in [2.05, 4.69) is 9.98 Å². The highest BCUT2D eigenvalue weighted by molar-refractivity contribution is 5.84. The zero-order valence-corrected chi connectivity index (χ0v) is 7.57. The smallest absolute Gasteiger partial charge is 0.0734 e. The number of nitrogens with two attached hydrogens (primary N) is 1. The minimum absolute atomic E-state index is 0.728. The fraction of sp³-hybridized carbons (Fsp3) is 0.0909. The van der Waals surface area contributed by atoms with Crippen molar-refractivity contribution in [3.05, 3.63) is 40.5 Å². The largest absolute Gasteiger partial charge is 0.399 e. The van der Waals surface area contributed by atoms with E-state index < -0.39 is 0 Å². The molecule has 14 heavy (non-hydrogen) atoms. The highest BCUT2D eigenvalue weighted by atomic mass is 14.8. The van der Waals surface area contributed by atoms with Crippen LogP contribution >= 0.6 is 0 Å². The number of aliphatic imine (C=N–C) groups is 1. The second-order valence-electron chi connectivity index (χ2n) is 3.41. The maximum Gasteiger partial charge on any atom is 0.0734 e. The van der Waals surface area contributed by atoms with Crippen molar-refractivity contribution < 1.29 is 0 Å². The third-order valence-electron chi connectivity index (χ3n) is 2.48. The highest BCUT2D eigenvalue weighted by Crippen LogP contribution is 2.16. The van der Waals surface area contributed by atoms with Gasteiger partial charge in [-0.3, -0.25) is 4.99 Å². The van der Waals surface area contributed by atoms with Crippen LogP contribution in [0.15, 0.2) is 40.0 Å². The molecule has 3 nitrogen and oxygen atoms in total. The molecule has 0 atom stereocenters. The van der Waals surface area contributed by atoms with Gasteiger partial charge in [-0.2, -0.15) is 0 Å². The number of nitrogens with zero attached hydrogens (tertiary/aromatic N) is 2. The molecule has 2 N–H and O–H groups in total. The Hall–Kier alpha value is -1.90. The molecule has 0 aliphatic carbocycles. The van der Waals surface area contributed by atoms with Gasteiger partial charge in [0.15, 0.2) is 0 Å². The standard InChI is InChI=1S/C11H9N3/c12-7-1-2-8-9-6-13-4-3-10(9)14-11(8)5-7/h1-5H,6,12H2. The van der Waals surface area contributed by atoms with Crippen LogP contribution in [0.4, 0.5) is 5.69 Å². The van der Waals surface area contributed by atoms with Gasteiger partial charge in [0, 0.05) is 22.7 Å². The van der Waals surface area contributed by atoms with Crippen LogP contribution < -0.4 is 16.3 Å². The summed E-state index contributed by atoms with van der Waals surface area (Å²) in [5.41, 5.74) is 8.70. The molecule has 0 unspecified atom stereocenters. The first-order chi connectivity index (χ1) is 6.84. The Morgan fingerprint density at radius 1 is 1.29 bits per heavy atom. The number of nitrogen functional groups attached to an aromatic ring is 1. The molecule has 0 aromatic heterocycles. The number of anilines is 1. The van der Waals surface area contributed by atoms with Crippen molar-refractivity contribution >= 4 is 17.5 Å². The molecular formula is C11H9N3. The van der Waals surface area contributed by atoms with Crippen molar-refractivity contribution in [1.82, 2.24) is 0 Å². The second-order valence-corrected chi connectivity index (χ2v) is 3.41. The molecule has 1 aromatic rings. The van der Waals surface area contributed by atoms with Crippen molar-refractivity contribution in [2.75, 3.05) is 12.3 Å². The van der Waals surface area contributed by atoms with Crippen molar-refractivity contribution in [3.63, 3.8) is 0 Å². The lowest BCUT2D eigenvalue weighted by atomic mass is 10.1. The molecule has 0 saturated carbocycles.